The molecule has 2 heterocycles. The smallest absolute Gasteiger partial charge is 0.336 e. The van der Waals surface area contributed by atoms with Gasteiger partial charge in [0, 0.05) is 30.8 Å². The van der Waals surface area contributed by atoms with Crippen LogP contribution in [0.3, 0.4) is 0 Å². The molecule has 1 aliphatic heterocycles. The van der Waals surface area contributed by atoms with Crippen molar-refractivity contribution in [1.82, 2.24) is 4.98 Å². The Morgan fingerprint density at radius 3 is 2.71 bits per heavy atom. The molecule has 0 unspecified atom stereocenters. The van der Waals surface area contributed by atoms with E-state index in [1.54, 1.807) is 18.5 Å². The van der Waals surface area contributed by atoms with Gasteiger partial charge in [-0.15, -0.1) is 0 Å². The Balaban J connectivity index is 1.30. The first-order valence-electron chi connectivity index (χ1n) is 12.5. The fourth-order valence-electron chi connectivity index (χ4n) is 5.41. The number of hydrogen-bond donors (Lipinski definition) is 1. The van der Waals surface area contributed by atoms with Crippen LogP contribution in [-0.2, 0) is 17.6 Å². The number of carbonyl (C=O) groups is 1. The number of aryl methyl sites for hydroxylation is 2. The van der Waals surface area contributed by atoms with Crippen LogP contribution in [0, 0.1) is 0 Å². The Morgan fingerprint density at radius 1 is 1.11 bits per heavy atom. The number of nitrogens with zero attached hydrogens (tertiary/aromatic N) is 2. The van der Waals surface area contributed by atoms with Gasteiger partial charge in [-0.3, -0.25) is 4.98 Å². The maximum Gasteiger partial charge on any atom is 0.336 e. The van der Waals surface area contributed by atoms with E-state index in [9.17, 15) is 9.90 Å². The van der Waals surface area contributed by atoms with Gasteiger partial charge in [-0.1, -0.05) is 24.3 Å². The highest BCUT2D eigenvalue weighted by Crippen LogP contribution is 2.38. The van der Waals surface area contributed by atoms with Crippen molar-refractivity contribution in [3.8, 4) is 0 Å². The molecule has 0 saturated carbocycles. The van der Waals surface area contributed by atoms with Crippen molar-refractivity contribution < 1.29 is 14.6 Å². The summed E-state index contributed by atoms with van der Waals surface area (Å²) in [6.45, 7) is 1.50. The third-order valence-electron chi connectivity index (χ3n) is 7.44. The lowest BCUT2D eigenvalue weighted by Gasteiger charge is -2.28. The minimum Gasteiger partial charge on any atom is -0.478 e. The first-order chi connectivity index (χ1) is 17.1. The summed E-state index contributed by atoms with van der Waals surface area (Å²) in [5.41, 5.74) is 9.03. The maximum absolute atomic E-state index is 11.5. The van der Waals surface area contributed by atoms with Gasteiger partial charge in [0.15, 0.2) is 0 Å². The fraction of sp³-hybridized carbons (Fsp3) is 0.333. The van der Waals surface area contributed by atoms with Crippen molar-refractivity contribution in [3.05, 3.63) is 94.8 Å². The molecule has 35 heavy (non-hydrogen) atoms. The number of ether oxygens (including phenoxy) is 1. The van der Waals surface area contributed by atoms with Gasteiger partial charge in [0.25, 0.3) is 0 Å². The molecule has 2 aromatic carbocycles. The number of carboxylic acid groups (broad SMARTS) is 1. The Bertz CT molecular complexity index is 1230. The Labute approximate surface area is 207 Å². The molecule has 2 aliphatic rings. The van der Waals surface area contributed by atoms with Gasteiger partial charge in [0.1, 0.15) is 0 Å². The highest BCUT2D eigenvalue weighted by atomic mass is 16.5. The Hall–Kier alpha value is -3.44. The summed E-state index contributed by atoms with van der Waals surface area (Å²) in [7, 11) is 2.13. The minimum absolute atomic E-state index is 0.368. The number of benzene rings is 2. The Kier molecular flexibility index (Phi) is 6.96. The maximum atomic E-state index is 11.5. The van der Waals surface area contributed by atoms with E-state index >= 15 is 0 Å². The second kappa shape index (κ2) is 10.4. The molecule has 1 atom stereocenters. The van der Waals surface area contributed by atoms with Gasteiger partial charge in [0.2, 0.25) is 0 Å². The van der Waals surface area contributed by atoms with Gasteiger partial charge in [-0.05, 0) is 103 Å². The molecule has 0 saturated heterocycles. The van der Waals surface area contributed by atoms with E-state index in [1.165, 1.54) is 33.6 Å². The number of rotatable bonds is 7. The quantitative estimate of drug-likeness (QED) is 0.434. The van der Waals surface area contributed by atoms with Crippen LogP contribution in [0.25, 0.3) is 5.57 Å². The monoisotopic (exact) mass is 468 g/mol. The molecular formula is C30H32N2O3. The number of anilines is 2. The largest absolute Gasteiger partial charge is 0.478 e. The van der Waals surface area contributed by atoms with Crippen molar-refractivity contribution in [2.24, 2.45) is 0 Å². The molecule has 0 amide bonds. The molecule has 1 N–H and O–H groups in total. The fourth-order valence-corrected chi connectivity index (χ4v) is 5.41. The van der Waals surface area contributed by atoms with Crippen molar-refractivity contribution in [3.63, 3.8) is 0 Å². The molecule has 1 aromatic heterocycles. The number of carboxylic acids is 1. The average Bonchev–Trinajstić information content (AvgIpc) is 2.92. The van der Waals surface area contributed by atoms with Crippen LogP contribution in [0.2, 0.25) is 0 Å². The molecule has 0 fully saturated rings. The molecule has 0 bridgehead atoms. The van der Waals surface area contributed by atoms with Crippen molar-refractivity contribution in [1.29, 1.82) is 0 Å². The van der Waals surface area contributed by atoms with Gasteiger partial charge >= 0.3 is 5.97 Å². The third kappa shape index (κ3) is 5.15. The predicted molar refractivity (Wildman–Crippen MR) is 140 cm³/mol. The van der Waals surface area contributed by atoms with Gasteiger partial charge in [-0.2, -0.15) is 0 Å². The van der Waals surface area contributed by atoms with Crippen LogP contribution >= 0.6 is 0 Å². The van der Waals surface area contributed by atoms with Gasteiger partial charge in [-0.25, -0.2) is 4.79 Å². The second-order valence-electron chi connectivity index (χ2n) is 9.51. The van der Waals surface area contributed by atoms with Crippen LogP contribution in [0.15, 0.2) is 67.0 Å². The van der Waals surface area contributed by atoms with Crippen molar-refractivity contribution in [2.45, 2.75) is 44.4 Å². The Morgan fingerprint density at radius 2 is 1.94 bits per heavy atom. The van der Waals surface area contributed by atoms with E-state index < -0.39 is 5.97 Å². The topological polar surface area (TPSA) is 62.7 Å². The van der Waals surface area contributed by atoms with E-state index in [1.807, 2.05) is 0 Å². The van der Waals surface area contributed by atoms with E-state index in [2.05, 4.69) is 65.5 Å². The lowest BCUT2D eigenvalue weighted by Crippen LogP contribution is -2.14. The van der Waals surface area contributed by atoms with Crippen LogP contribution < -0.4 is 4.90 Å². The highest BCUT2D eigenvalue weighted by molar-refractivity contribution is 5.89. The van der Waals surface area contributed by atoms with Crippen LogP contribution in [-0.4, -0.2) is 36.3 Å². The lowest BCUT2D eigenvalue weighted by molar-refractivity contribution is 0.0695. The molecule has 5 heteroatoms. The molecule has 0 radical (unpaired) electrons. The molecule has 1 aliphatic carbocycles. The molecule has 180 valence electrons. The third-order valence-corrected chi connectivity index (χ3v) is 7.44. The highest BCUT2D eigenvalue weighted by Gasteiger charge is 2.22. The molecule has 3 aromatic rings. The summed E-state index contributed by atoms with van der Waals surface area (Å²) < 4.78 is 5.44. The summed E-state index contributed by atoms with van der Waals surface area (Å²) >= 11 is 0. The summed E-state index contributed by atoms with van der Waals surface area (Å²) in [5, 5.41) is 9.48. The standard InChI is InChI=1S/C30H32N2O3/c1-32(26-9-7-21(8-10-26)22-14-17-35-18-15-22)27-11-12-28-23(3-2-4-24(28)19-27)5-6-25-20-31-16-13-29(25)30(33)34/h7-14,16,19-20,23H,2-6,15,17-18H2,1H3,(H,33,34)/t23-/m0/s1. The molecule has 0 spiro atoms. The number of pyridine rings is 1. The van der Waals surface area contributed by atoms with E-state index in [4.69, 9.17) is 4.74 Å². The van der Waals surface area contributed by atoms with Crippen LogP contribution in [0.1, 0.15) is 64.2 Å². The van der Waals surface area contributed by atoms with E-state index in [0.29, 0.717) is 18.1 Å². The summed E-state index contributed by atoms with van der Waals surface area (Å²) in [6.07, 6.45) is 11.5. The lowest BCUT2D eigenvalue weighted by atomic mass is 9.79. The number of aromatic carboxylic acids is 1. The van der Waals surface area contributed by atoms with Gasteiger partial charge in [0.05, 0.1) is 18.8 Å². The normalized spacial score (nSPS) is 17.4. The van der Waals surface area contributed by atoms with E-state index in [0.717, 1.165) is 50.7 Å². The number of hydrogen-bond acceptors (Lipinski definition) is 4. The minimum atomic E-state index is -0.878. The summed E-state index contributed by atoms with van der Waals surface area (Å²) in [5.74, 6) is -0.427. The molecule has 5 nitrogen and oxygen atoms in total. The van der Waals surface area contributed by atoms with Crippen LogP contribution in [0.5, 0.6) is 0 Å². The second-order valence-corrected chi connectivity index (χ2v) is 9.51. The first kappa shape index (κ1) is 23.3. The van der Waals surface area contributed by atoms with Gasteiger partial charge < -0.3 is 14.7 Å². The van der Waals surface area contributed by atoms with Crippen molar-refractivity contribution in [2.75, 3.05) is 25.2 Å². The molecule has 5 rings (SSSR count). The van der Waals surface area contributed by atoms with Crippen LogP contribution in [0.4, 0.5) is 11.4 Å². The predicted octanol–water partition coefficient (Wildman–Crippen LogP) is 6.40. The SMILES string of the molecule is CN(c1ccc(C2=CCOCC2)cc1)c1ccc2c(c1)CCC[C@H]2CCc1cnccc1C(=O)O. The number of aromatic nitrogens is 1. The van der Waals surface area contributed by atoms with Crippen molar-refractivity contribution >= 4 is 22.9 Å². The summed E-state index contributed by atoms with van der Waals surface area (Å²) in [4.78, 5) is 17.9. The number of fused-ring (bicyclic) bond motifs is 1. The zero-order valence-electron chi connectivity index (χ0n) is 20.2. The summed E-state index contributed by atoms with van der Waals surface area (Å²) in [6, 6.07) is 17.3. The zero-order chi connectivity index (χ0) is 24.2. The first-order valence-corrected chi connectivity index (χ1v) is 12.5. The average molecular weight is 469 g/mol. The zero-order valence-corrected chi connectivity index (χ0v) is 20.2. The van der Waals surface area contributed by atoms with E-state index in [-0.39, 0.29) is 0 Å². The molecular weight excluding hydrogens is 436 g/mol.